The molecule has 0 unspecified atom stereocenters. The van der Waals surface area contributed by atoms with Crippen molar-refractivity contribution in [2.75, 3.05) is 13.2 Å². The van der Waals surface area contributed by atoms with Gasteiger partial charge in [-0.25, -0.2) is 0 Å². The van der Waals surface area contributed by atoms with Crippen molar-refractivity contribution in [2.45, 2.75) is 19.9 Å². The van der Waals surface area contributed by atoms with Gasteiger partial charge in [0.25, 0.3) is 0 Å². The number of nitrogens with one attached hydrogen (secondary N) is 1. The van der Waals surface area contributed by atoms with E-state index in [1.807, 2.05) is 42.5 Å². The fraction of sp³-hybridized carbons (Fsp3) is 0.333. The van der Waals surface area contributed by atoms with E-state index in [1.165, 1.54) is 0 Å². The quantitative estimate of drug-likeness (QED) is 0.761. The Morgan fingerprint density at radius 1 is 1.06 bits per heavy atom. The number of furan rings is 1. The molecular formula is C15H19NO2. The number of aryl methyl sites for hydroxylation is 1. The van der Waals surface area contributed by atoms with E-state index < -0.39 is 0 Å². The van der Waals surface area contributed by atoms with Crippen LogP contribution >= 0.6 is 0 Å². The van der Waals surface area contributed by atoms with Gasteiger partial charge >= 0.3 is 0 Å². The van der Waals surface area contributed by atoms with Gasteiger partial charge in [-0.15, -0.1) is 0 Å². The van der Waals surface area contributed by atoms with E-state index in [0.717, 1.165) is 36.8 Å². The molecule has 96 valence electrons. The SMILES string of the molecule is CCc1ccc(CNCCOc2ccccc2)o1. The van der Waals surface area contributed by atoms with E-state index >= 15 is 0 Å². The zero-order valence-electron chi connectivity index (χ0n) is 10.7. The van der Waals surface area contributed by atoms with E-state index in [1.54, 1.807) is 0 Å². The molecule has 3 heteroatoms. The van der Waals surface area contributed by atoms with Crippen LogP contribution in [0.5, 0.6) is 5.75 Å². The third-order valence-corrected chi connectivity index (χ3v) is 2.66. The van der Waals surface area contributed by atoms with Crippen molar-refractivity contribution in [3.05, 3.63) is 54.0 Å². The maximum atomic E-state index is 5.59. The molecule has 1 N–H and O–H groups in total. The first-order valence-electron chi connectivity index (χ1n) is 6.34. The highest BCUT2D eigenvalue weighted by molar-refractivity contribution is 5.20. The summed E-state index contributed by atoms with van der Waals surface area (Å²) >= 11 is 0. The Bertz CT molecular complexity index is 451. The Morgan fingerprint density at radius 2 is 1.83 bits per heavy atom. The second kappa shape index (κ2) is 6.87. The molecule has 3 nitrogen and oxygen atoms in total. The van der Waals surface area contributed by atoms with E-state index in [9.17, 15) is 0 Å². The fourth-order valence-corrected chi connectivity index (χ4v) is 1.68. The van der Waals surface area contributed by atoms with Crippen LogP contribution in [0.15, 0.2) is 46.9 Å². The summed E-state index contributed by atoms with van der Waals surface area (Å²) in [7, 11) is 0. The number of hydrogen-bond donors (Lipinski definition) is 1. The number of benzene rings is 1. The van der Waals surface area contributed by atoms with Crippen LogP contribution in [0.2, 0.25) is 0 Å². The molecule has 0 aliphatic heterocycles. The van der Waals surface area contributed by atoms with Crippen molar-refractivity contribution in [1.29, 1.82) is 0 Å². The molecule has 0 amide bonds. The van der Waals surface area contributed by atoms with Crippen LogP contribution < -0.4 is 10.1 Å². The lowest BCUT2D eigenvalue weighted by Crippen LogP contribution is -2.20. The maximum Gasteiger partial charge on any atom is 0.119 e. The summed E-state index contributed by atoms with van der Waals surface area (Å²) in [6.07, 6.45) is 0.942. The molecule has 0 fully saturated rings. The minimum absolute atomic E-state index is 0.658. The summed E-state index contributed by atoms with van der Waals surface area (Å²) in [5, 5.41) is 3.29. The Labute approximate surface area is 108 Å². The molecule has 0 saturated heterocycles. The van der Waals surface area contributed by atoms with Gasteiger partial charge < -0.3 is 14.5 Å². The third-order valence-electron chi connectivity index (χ3n) is 2.66. The molecule has 18 heavy (non-hydrogen) atoms. The van der Waals surface area contributed by atoms with Crippen molar-refractivity contribution in [3.8, 4) is 5.75 Å². The minimum atomic E-state index is 0.658. The average Bonchev–Trinajstić information content (AvgIpc) is 2.87. The van der Waals surface area contributed by atoms with Gasteiger partial charge in [0.2, 0.25) is 0 Å². The molecule has 2 rings (SSSR count). The average molecular weight is 245 g/mol. The zero-order chi connectivity index (χ0) is 12.6. The highest BCUT2D eigenvalue weighted by Gasteiger charge is 1.99. The lowest BCUT2D eigenvalue weighted by Gasteiger charge is -2.06. The first-order chi connectivity index (χ1) is 8.88. The lowest BCUT2D eigenvalue weighted by molar-refractivity contribution is 0.310. The van der Waals surface area contributed by atoms with Crippen LogP contribution in [-0.2, 0) is 13.0 Å². The van der Waals surface area contributed by atoms with E-state index in [0.29, 0.717) is 6.61 Å². The smallest absolute Gasteiger partial charge is 0.119 e. The molecule has 0 spiro atoms. The van der Waals surface area contributed by atoms with Crippen LogP contribution in [0.3, 0.4) is 0 Å². The van der Waals surface area contributed by atoms with Crippen molar-refractivity contribution in [1.82, 2.24) is 5.32 Å². The van der Waals surface area contributed by atoms with E-state index in [4.69, 9.17) is 9.15 Å². The Kier molecular flexibility index (Phi) is 4.85. The molecule has 2 aromatic rings. The number of rotatable bonds is 7. The first kappa shape index (κ1) is 12.7. The fourth-order valence-electron chi connectivity index (χ4n) is 1.68. The number of hydrogen-bond acceptors (Lipinski definition) is 3. The van der Waals surface area contributed by atoms with Crippen molar-refractivity contribution in [2.24, 2.45) is 0 Å². The van der Waals surface area contributed by atoms with Crippen LogP contribution in [0, 0.1) is 0 Å². The molecule has 0 saturated carbocycles. The number of ether oxygens (including phenoxy) is 1. The van der Waals surface area contributed by atoms with E-state index in [2.05, 4.69) is 12.2 Å². The maximum absolute atomic E-state index is 5.59. The topological polar surface area (TPSA) is 34.4 Å². The van der Waals surface area contributed by atoms with Crippen molar-refractivity contribution in [3.63, 3.8) is 0 Å². The van der Waals surface area contributed by atoms with Gasteiger partial charge in [0.15, 0.2) is 0 Å². The summed E-state index contributed by atoms with van der Waals surface area (Å²) in [4.78, 5) is 0. The monoisotopic (exact) mass is 245 g/mol. The molecule has 0 bridgehead atoms. The van der Waals surface area contributed by atoms with Crippen LogP contribution in [0.1, 0.15) is 18.4 Å². The van der Waals surface area contributed by atoms with Crippen LogP contribution in [0.4, 0.5) is 0 Å². The molecule has 0 radical (unpaired) electrons. The van der Waals surface area contributed by atoms with Crippen LogP contribution in [-0.4, -0.2) is 13.2 Å². The largest absolute Gasteiger partial charge is 0.492 e. The Hall–Kier alpha value is -1.74. The van der Waals surface area contributed by atoms with Gasteiger partial charge in [-0.2, -0.15) is 0 Å². The second-order valence-corrected chi connectivity index (χ2v) is 4.06. The molecular weight excluding hydrogens is 226 g/mol. The predicted octanol–water partition coefficient (Wildman–Crippen LogP) is 3.01. The standard InChI is InChI=1S/C15H19NO2/c1-2-13-8-9-15(18-13)12-16-10-11-17-14-6-4-3-5-7-14/h3-9,16H,2,10-12H2,1H3. The van der Waals surface area contributed by atoms with Crippen molar-refractivity contribution < 1.29 is 9.15 Å². The second-order valence-electron chi connectivity index (χ2n) is 4.06. The molecule has 0 aliphatic rings. The van der Waals surface area contributed by atoms with Gasteiger partial charge in [0.05, 0.1) is 6.54 Å². The Morgan fingerprint density at radius 3 is 2.56 bits per heavy atom. The summed E-state index contributed by atoms with van der Waals surface area (Å²) in [5.74, 6) is 2.92. The summed E-state index contributed by atoms with van der Waals surface area (Å²) in [6.45, 7) is 4.30. The summed E-state index contributed by atoms with van der Waals surface area (Å²) in [5.41, 5.74) is 0. The molecule has 0 aliphatic carbocycles. The molecule has 1 aromatic carbocycles. The van der Waals surface area contributed by atoms with Gasteiger partial charge in [0.1, 0.15) is 23.9 Å². The van der Waals surface area contributed by atoms with Gasteiger partial charge in [-0.3, -0.25) is 0 Å². The summed E-state index contributed by atoms with van der Waals surface area (Å²) in [6, 6.07) is 13.9. The molecule has 1 heterocycles. The predicted molar refractivity (Wildman–Crippen MR) is 71.7 cm³/mol. The van der Waals surface area contributed by atoms with Crippen LogP contribution in [0.25, 0.3) is 0 Å². The Balaban J connectivity index is 1.61. The zero-order valence-corrected chi connectivity index (χ0v) is 10.7. The molecule has 1 aromatic heterocycles. The first-order valence-corrected chi connectivity index (χ1v) is 6.34. The molecule has 0 atom stereocenters. The normalized spacial score (nSPS) is 10.5. The summed E-state index contributed by atoms with van der Waals surface area (Å²) < 4.78 is 11.2. The lowest BCUT2D eigenvalue weighted by atomic mass is 10.3. The van der Waals surface area contributed by atoms with Gasteiger partial charge in [-0.1, -0.05) is 25.1 Å². The minimum Gasteiger partial charge on any atom is -0.492 e. The van der Waals surface area contributed by atoms with Crippen molar-refractivity contribution >= 4 is 0 Å². The highest BCUT2D eigenvalue weighted by Crippen LogP contribution is 2.08. The van der Waals surface area contributed by atoms with E-state index in [-0.39, 0.29) is 0 Å². The number of para-hydroxylation sites is 1. The van der Waals surface area contributed by atoms with Gasteiger partial charge in [-0.05, 0) is 24.3 Å². The third kappa shape index (κ3) is 3.93. The van der Waals surface area contributed by atoms with Gasteiger partial charge in [0, 0.05) is 13.0 Å². The highest BCUT2D eigenvalue weighted by atomic mass is 16.5.